The van der Waals surface area contributed by atoms with Crippen molar-refractivity contribution in [1.29, 1.82) is 0 Å². The predicted molar refractivity (Wildman–Crippen MR) is 122 cm³/mol. The molecule has 0 aliphatic carbocycles. The minimum atomic E-state index is 0.0204. The molecule has 31 heavy (non-hydrogen) atoms. The van der Waals surface area contributed by atoms with Gasteiger partial charge in [0.2, 0.25) is 0 Å². The predicted octanol–water partition coefficient (Wildman–Crippen LogP) is 3.54. The molecular formula is C24H26N6O. The second kappa shape index (κ2) is 7.34. The first-order valence-corrected chi connectivity index (χ1v) is 10.6. The summed E-state index contributed by atoms with van der Waals surface area (Å²) in [5, 5.41) is 0. The molecule has 1 fully saturated rings. The average Bonchev–Trinajstić information content (AvgIpc) is 3.22. The van der Waals surface area contributed by atoms with Gasteiger partial charge in [0.25, 0.3) is 5.91 Å². The molecule has 1 amide bonds. The van der Waals surface area contributed by atoms with Crippen molar-refractivity contribution in [2.24, 2.45) is 0 Å². The first-order chi connectivity index (χ1) is 14.9. The average molecular weight is 415 g/mol. The number of aromatic nitrogens is 4. The monoisotopic (exact) mass is 414 g/mol. The largest absolute Gasteiger partial charge is 0.367 e. The summed E-state index contributed by atoms with van der Waals surface area (Å²) in [5.74, 6) is 0.0482. The Bertz CT molecular complexity index is 1260. The highest BCUT2D eigenvalue weighted by molar-refractivity contribution is 5.97. The van der Waals surface area contributed by atoms with E-state index in [1.165, 1.54) is 0 Å². The highest BCUT2D eigenvalue weighted by Crippen LogP contribution is 2.24. The Morgan fingerprint density at radius 3 is 2.39 bits per heavy atom. The lowest BCUT2D eigenvalue weighted by Crippen LogP contribution is -2.48. The van der Waals surface area contributed by atoms with E-state index in [9.17, 15) is 4.79 Å². The SMILES string of the molecule is CC(C)(C)c1cn2cc(N3CCN(C(=O)c4ccc5nccnc5c4)CC3)ccc2n1. The first-order valence-electron chi connectivity index (χ1n) is 10.6. The van der Waals surface area contributed by atoms with Crippen LogP contribution in [0, 0.1) is 0 Å². The van der Waals surface area contributed by atoms with E-state index in [-0.39, 0.29) is 11.3 Å². The molecule has 1 aromatic carbocycles. The third-order valence-electron chi connectivity index (χ3n) is 5.85. The molecular weight excluding hydrogens is 388 g/mol. The molecule has 7 nitrogen and oxygen atoms in total. The van der Waals surface area contributed by atoms with E-state index in [4.69, 9.17) is 4.98 Å². The quantitative estimate of drug-likeness (QED) is 0.502. The number of fused-ring (bicyclic) bond motifs is 2. The number of nitrogens with zero attached hydrogens (tertiary/aromatic N) is 6. The van der Waals surface area contributed by atoms with Crippen LogP contribution in [0.15, 0.2) is 55.1 Å². The lowest BCUT2D eigenvalue weighted by molar-refractivity contribution is 0.0747. The summed E-state index contributed by atoms with van der Waals surface area (Å²) >= 11 is 0. The van der Waals surface area contributed by atoms with Crippen molar-refractivity contribution in [2.75, 3.05) is 31.1 Å². The Kier molecular flexibility index (Phi) is 4.61. The van der Waals surface area contributed by atoms with Crippen molar-refractivity contribution >= 4 is 28.3 Å². The molecule has 1 saturated heterocycles. The summed E-state index contributed by atoms with van der Waals surface area (Å²) in [4.78, 5) is 30.6. The Morgan fingerprint density at radius 2 is 1.65 bits per heavy atom. The minimum Gasteiger partial charge on any atom is -0.367 e. The van der Waals surface area contributed by atoms with Crippen molar-refractivity contribution in [3.63, 3.8) is 0 Å². The molecule has 0 radical (unpaired) electrons. The van der Waals surface area contributed by atoms with Gasteiger partial charge in [-0.25, -0.2) is 4.98 Å². The first kappa shape index (κ1) is 19.5. The minimum absolute atomic E-state index is 0.0204. The van der Waals surface area contributed by atoms with Crippen molar-refractivity contribution in [3.05, 3.63) is 66.4 Å². The standard InChI is InChI=1S/C24H26N6O/c1-24(2,3)21-16-30-15-18(5-7-22(30)27-21)28-10-12-29(13-11-28)23(31)17-4-6-19-20(14-17)26-9-8-25-19/h4-9,14-16H,10-13H2,1-3H3. The van der Waals surface area contributed by atoms with Crippen LogP contribution in [-0.2, 0) is 5.41 Å². The number of carbonyl (C=O) groups excluding carboxylic acids is 1. The van der Waals surface area contributed by atoms with Gasteiger partial charge in [-0.15, -0.1) is 0 Å². The van der Waals surface area contributed by atoms with E-state index in [1.807, 2.05) is 23.1 Å². The van der Waals surface area contributed by atoms with Crippen molar-refractivity contribution in [3.8, 4) is 0 Å². The normalized spacial score (nSPS) is 15.1. The van der Waals surface area contributed by atoms with E-state index in [2.05, 4.69) is 64.6 Å². The fraction of sp³-hybridized carbons (Fsp3) is 0.333. The van der Waals surface area contributed by atoms with Crippen LogP contribution in [0.3, 0.4) is 0 Å². The van der Waals surface area contributed by atoms with E-state index < -0.39 is 0 Å². The summed E-state index contributed by atoms with van der Waals surface area (Å²) in [5.41, 5.74) is 5.42. The highest BCUT2D eigenvalue weighted by atomic mass is 16.2. The molecule has 1 aliphatic rings. The maximum Gasteiger partial charge on any atom is 0.254 e. The van der Waals surface area contributed by atoms with Gasteiger partial charge in [-0.2, -0.15) is 0 Å². The van der Waals surface area contributed by atoms with Crippen LogP contribution in [0.4, 0.5) is 5.69 Å². The molecule has 7 heteroatoms. The van der Waals surface area contributed by atoms with E-state index in [1.54, 1.807) is 12.4 Å². The van der Waals surface area contributed by atoms with E-state index in [0.29, 0.717) is 18.7 Å². The van der Waals surface area contributed by atoms with Crippen LogP contribution in [-0.4, -0.2) is 56.3 Å². The van der Waals surface area contributed by atoms with Crippen LogP contribution in [0.5, 0.6) is 0 Å². The fourth-order valence-corrected chi connectivity index (χ4v) is 3.98. The topological polar surface area (TPSA) is 66.6 Å². The number of piperazine rings is 1. The van der Waals surface area contributed by atoms with Gasteiger partial charge in [-0.05, 0) is 30.3 Å². The zero-order chi connectivity index (χ0) is 21.6. The van der Waals surface area contributed by atoms with Crippen LogP contribution < -0.4 is 4.90 Å². The molecule has 0 atom stereocenters. The fourth-order valence-electron chi connectivity index (χ4n) is 3.98. The number of anilines is 1. The van der Waals surface area contributed by atoms with Gasteiger partial charge in [0.05, 0.1) is 22.4 Å². The Hall–Kier alpha value is -3.48. The van der Waals surface area contributed by atoms with Crippen molar-refractivity contribution in [2.45, 2.75) is 26.2 Å². The molecule has 0 saturated carbocycles. The zero-order valence-corrected chi connectivity index (χ0v) is 18.1. The summed E-state index contributed by atoms with van der Waals surface area (Å²) in [6.07, 6.45) is 7.56. The molecule has 3 aromatic heterocycles. The molecule has 0 N–H and O–H groups in total. The van der Waals surface area contributed by atoms with Crippen molar-refractivity contribution in [1.82, 2.24) is 24.3 Å². The smallest absolute Gasteiger partial charge is 0.254 e. The molecule has 158 valence electrons. The Morgan fingerprint density at radius 1 is 0.903 bits per heavy atom. The lowest BCUT2D eigenvalue weighted by atomic mass is 9.93. The number of carbonyl (C=O) groups is 1. The number of hydrogen-bond donors (Lipinski definition) is 0. The van der Waals surface area contributed by atoms with Gasteiger partial charge in [0, 0.05) is 61.9 Å². The zero-order valence-electron chi connectivity index (χ0n) is 18.1. The number of imidazole rings is 1. The van der Waals surface area contributed by atoms with Gasteiger partial charge in [0.1, 0.15) is 5.65 Å². The Labute approximate surface area is 181 Å². The molecule has 0 unspecified atom stereocenters. The molecule has 0 spiro atoms. The molecule has 4 aromatic rings. The maximum atomic E-state index is 13.0. The van der Waals surface area contributed by atoms with Gasteiger partial charge < -0.3 is 14.2 Å². The number of hydrogen-bond acceptors (Lipinski definition) is 5. The van der Waals surface area contributed by atoms with Crippen LogP contribution >= 0.6 is 0 Å². The number of pyridine rings is 1. The third-order valence-corrected chi connectivity index (χ3v) is 5.85. The maximum absolute atomic E-state index is 13.0. The number of benzene rings is 1. The summed E-state index contributed by atoms with van der Waals surface area (Å²) in [7, 11) is 0. The third kappa shape index (κ3) is 3.71. The second-order valence-electron chi connectivity index (χ2n) is 9.07. The molecule has 4 heterocycles. The van der Waals surface area contributed by atoms with Crippen LogP contribution in [0.1, 0.15) is 36.8 Å². The molecule has 0 bridgehead atoms. The van der Waals surface area contributed by atoms with Gasteiger partial charge >= 0.3 is 0 Å². The van der Waals surface area contributed by atoms with Gasteiger partial charge in [-0.3, -0.25) is 14.8 Å². The van der Waals surface area contributed by atoms with Crippen LogP contribution in [0.25, 0.3) is 16.7 Å². The van der Waals surface area contributed by atoms with E-state index >= 15 is 0 Å². The van der Waals surface area contributed by atoms with Crippen LogP contribution in [0.2, 0.25) is 0 Å². The highest BCUT2D eigenvalue weighted by Gasteiger charge is 2.23. The van der Waals surface area contributed by atoms with Gasteiger partial charge in [-0.1, -0.05) is 20.8 Å². The van der Waals surface area contributed by atoms with Gasteiger partial charge in [0.15, 0.2) is 0 Å². The summed E-state index contributed by atoms with van der Waals surface area (Å²) in [6, 6.07) is 9.72. The lowest BCUT2D eigenvalue weighted by Gasteiger charge is -2.36. The molecule has 1 aliphatic heterocycles. The summed E-state index contributed by atoms with van der Waals surface area (Å²) in [6.45, 7) is 9.49. The molecule has 5 rings (SSSR count). The summed E-state index contributed by atoms with van der Waals surface area (Å²) < 4.78 is 2.10. The Balaban J connectivity index is 1.29. The van der Waals surface area contributed by atoms with E-state index in [0.717, 1.165) is 41.2 Å². The number of rotatable bonds is 2. The second-order valence-corrected chi connectivity index (χ2v) is 9.07. The van der Waals surface area contributed by atoms with Crippen molar-refractivity contribution < 1.29 is 4.79 Å². The number of amides is 1.